The molecule has 0 spiro atoms. The average Bonchev–Trinajstić information content (AvgIpc) is 3.52. The number of anilines is 1. The van der Waals surface area contributed by atoms with Gasteiger partial charge < -0.3 is 16.0 Å². The molecule has 34 heavy (non-hydrogen) atoms. The Morgan fingerprint density at radius 3 is 2.59 bits per heavy atom. The normalized spacial score (nSPS) is 16.0. The molecule has 10 heteroatoms. The van der Waals surface area contributed by atoms with Crippen molar-refractivity contribution in [3.63, 3.8) is 0 Å². The highest BCUT2D eigenvalue weighted by Crippen LogP contribution is 2.34. The Balaban J connectivity index is 1.43. The van der Waals surface area contributed by atoms with Crippen LogP contribution in [0.15, 0.2) is 60.5 Å². The van der Waals surface area contributed by atoms with E-state index in [1.54, 1.807) is 23.2 Å². The lowest BCUT2D eigenvalue weighted by atomic mass is 10.0. The van der Waals surface area contributed by atoms with Crippen molar-refractivity contribution in [1.82, 2.24) is 30.0 Å². The zero-order valence-electron chi connectivity index (χ0n) is 18.5. The predicted octanol–water partition coefficient (Wildman–Crippen LogP) is 2.47. The van der Waals surface area contributed by atoms with Crippen molar-refractivity contribution in [1.29, 1.82) is 0 Å². The molecule has 3 N–H and O–H groups in total. The molecule has 172 valence electrons. The molecule has 1 saturated heterocycles. The van der Waals surface area contributed by atoms with Crippen molar-refractivity contribution >= 4 is 34.5 Å². The molecule has 2 amide bonds. The number of amidine groups is 1. The molecule has 2 aliphatic heterocycles. The van der Waals surface area contributed by atoms with Crippen LogP contribution in [0, 0.1) is 0 Å². The Bertz CT molecular complexity index is 1330. The second-order valence-electron chi connectivity index (χ2n) is 8.21. The third kappa shape index (κ3) is 3.94. The summed E-state index contributed by atoms with van der Waals surface area (Å²) in [6.07, 6.45) is 8.45. The van der Waals surface area contributed by atoms with Crippen molar-refractivity contribution in [3.05, 3.63) is 61.1 Å². The van der Waals surface area contributed by atoms with E-state index in [9.17, 15) is 9.59 Å². The van der Waals surface area contributed by atoms with Gasteiger partial charge in [-0.15, -0.1) is 0 Å². The number of nitrogen functional groups attached to an aromatic ring is 1. The van der Waals surface area contributed by atoms with E-state index in [1.807, 2.05) is 22.9 Å². The van der Waals surface area contributed by atoms with Crippen LogP contribution in [0.4, 0.5) is 5.82 Å². The van der Waals surface area contributed by atoms with Crippen LogP contribution >= 0.6 is 0 Å². The van der Waals surface area contributed by atoms with E-state index >= 15 is 0 Å². The summed E-state index contributed by atoms with van der Waals surface area (Å²) < 4.78 is 1.89. The van der Waals surface area contributed by atoms with Gasteiger partial charge in [-0.3, -0.25) is 9.59 Å². The SMILES string of the molecule is C=CC(=O)N1CCC(n2nc(-c3ccc(C(=O)NC4=NC=CC4)cc3)c3c(N)ncnc32)CC1. The maximum absolute atomic E-state index is 12.5. The number of aliphatic imine (C=N–C) groups is 1. The number of nitrogens with one attached hydrogen (secondary N) is 1. The number of hydrogen-bond donors (Lipinski definition) is 2. The van der Waals surface area contributed by atoms with Crippen LogP contribution < -0.4 is 11.1 Å². The van der Waals surface area contributed by atoms with Crippen LogP contribution in [-0.4, -0.2) is 55.4 Å². The smallest absolute Gasteiger partial charge is 0.256 e. The van der Waals surface area contributed by atoms with Crippen molar-refractivity contribution in [2.24, 2.45) is 4.99 Å². The Kier molecular flexibility index (Phi) is 5.62. The Morgan fingerprint density at radius 1 is 1.15 bits per heavy atom. The standard InChI is InChI=1S/C24H24N8O2/c1-2-19(33)31-12-9-17(10-13-31)32-23-20(22(25)27-14-28-23)21(30-32)15-5-7-16(8-6-15)24(34)29-18-4-3-11-26-18/h2-3,5-8,11,14,17H,1,4,9-10,12-13H2,(H2,25,27,28)(H,26,29,34). The number of carbonyl (C=O) groups is 2. The molecule has 2 aromatic heterocycles. The van der Waals surface area contributed by atoms with Crippen LogP contribution in [0.3, 0.4) is 0 Å². The van der Waals surface area contributed by atoms with Gasteiger partial charge in [0.15, 0.2) is 5.65 Å². The molecule has 3 aromatic rings. The molecule has 2 aliphatic rings. The fourth-order valence-electron chi connectivity index (χ4n) is 4.34. The van der Waals surface area contributed by atoms with Gasteiger partial charge in [-0.1, -0.05) is 24.8 Å². The highest BCUT2D eigenvalue weighted by atomic mass is 16.2. The van der Waals surface area contributed by atoms with Gasteiger partial charge in [-0.2, -0.15) is 5.10 Å². The zero-order chi connectivity index (χ0) is 23.7. The summed E-state index contributed by atoms with van der Waals surface area (Å²) in [5.74, 6) is 0.702. The van der Waals surface area contributed by atoms with Crippen molar-refractivity contribution < 1.29 is 9.59 Å². The fraction of sp³-hybridized carbons (Fsp3) is 0.250. The summed E-state index contributed by atoms with van der Waals surface area (Å²) in [6, 6.07) is 7.25. The first-order valence-corrected chi connectivity index (χ1v) is 11.1. The summed E-state index contributed by atoms with van der Waals surface area (Å²) >= 11 is 0. The fourth-order valence-corrected chi connectivity index (χ4v) is 4.34. The third-order valence-corrected chi connectivity index (χ3v) is 6.14. The average molecular weight is 457 g/mol. The first-order valence-electron chi connectivity index (χ1n) is 11.1. The van der Waals surface area contributed by atoms with Gasteiger partial charge in [0.25, 0.3) is 5.91 Å². The van der Waals surface area contributed by atoms with Crippen molar-refractivity contribution in [2.45, 2.75) is 25.3 Å². The number of rotatable bonds is 4. The van der Waals surface area contributed by atoms with Gasteiger partial charge in [-0.25, -0.2) is 19.6 Å². The molecular formula is C24H24N8O2. The van der Waals surface area contributed by atoms with Gasteiger partial charge in [0.2, 0.25) is 5.91 Å². The molecule has 0 bridgehead atoms. The molecule has 4 heterocycles. The lowest BCUT2D eigenvalue weighted by Gasteiger charge is -2.31. The Morgan fingerprint density at radius 2 is 1.91 bits per heavy atom. The van der Waals surface area contributed by atoms with Gasteiger partial charge >= 0.3 is 0 Å². The Labute approximate surface area is 195 Å². The molecule has 0 unspecified atom stereocenters. The topological polar surface area (TPSA) is 131 Å². The monoisotopic (exact) mass is 456 g/mol. The number of fused-ring (bicyclic) bond motifs is 1. The number of nitrogens with zero attached hydrogens (tertiary/aromatic N) is 6. The summed E-state index contributed by atoms with van der Waals surface area (Å²) in [5.41, 5.74) is 8.88. The van der Waals surface area contributed by atoms with E-state index in [4.69, 9.17) is 10.8 Å². The lowest BCUT2D eigenvalue weighted by Crippen LogP contribution is -2.38. The van der Waals surface area contributed by atoms with E-state index in [2.05, 4.69) is 26.9 Å². The summed E-state index contributed by atoms with van der Waals surface area (Å²) in [6.45, 7) is 4.81. The van der Waals surface area contributed by atoms with Crippen LogP contribution in [0.5, 0.6) is 0 Å². The number of aromatic nitrogens is 4. The van der Waals surface area contributed by atoms with E-state index in [-0.39, 0.29) is 17.9 Å². The number of hydrogen-bond acceptors (Lipinski definition) is 7. The van der Waals surface area contributed by atoms with Crippen LogP contribution in [0.1, 0.15) is 35.7 Å². The van der Waals surface area contributed by atoms with Gasteiger partial charge in [0.05, 0.1) is 11.4 Å². The Hall–Kier alpha value is -4.34. The number of nitrogens with two attached hydrogens (primary N) is 1. The second kappa shape index (κ2) is 8.89. The third-order valence-electron chi connectivity index (χ3n) is 6.14. The van der Waals surface area contributed by atoms with Gasteiger partial charge in [0, 0.05) is 36.8 Å². The molecule has 0 atom stereocenters. The molecular weight excluding hydrogens is 432 g/mol. The number of piperidine rings is 1. The first-order chi connectivity index (χ1) is 16.5. The molecule has 10 nitrogen and oxygen atoms in total. The molecule has 5 rings (SSSR count). The minimum atomic E-state index is -0.215. The molecule has 0 aliphatic carbocycles. The minimum Gasteiger partial charge on any atom is -0.383 e. The maximum atomic E-state index is 12.5. The van der Waals surface area contributed by atoms with Crippen molar-refractivity contribution in [2.75, 3.05) is 18.8 Å². The van der Waals surface area contributed by atoms with Gasteiger partial charge in [0.1, 0.15) is 23.7 Å². The summed E-state index contributed by atoms with van der Waals surface area (Å²) in [5, 5.41) is 8.36. The number of likely N-dealkylation sites (tertiary alicyclic amines) is 1. The minimum absolute atomic E-state index is 0.0589. The van der Waals surface area contributed by atoms with Crippen LogP contribution in [-0.2, 0) is 4.79 Å². The number of amides is 2. The van der Waals surface area contributed by atoms with E-state index in [0.29, 0.717) is 53.5 Å². The zero-order valence-corrected chi connectivity index (χ0v) is 18.5. The predicted molar refractivity (Wildman–Crippen MR) is 129 cm³/mol. The van der Waals surface area contributed by atoms with Crippen LogP contribution in [0.2, 0.25) is 0 Å². The molecule has 0 saturated carbocycles. The van der Waals surface area contributed by atoms with Gasteiger partial charge in [-0.05, 0) is 31.1 Å². The second-order valence-corrected chi connectivity index (χ2v) is 8.21. The number of carbonyl (C=O) groups excluding carboxylic acids is 2. The lowest BCUT2D eigenvalue weighted by molar-refractivity contribution is -0.127. The molecule has 1 aromatic carbocycles. The quantitative estimate of drug-likeness (QED) is 0.580. The van der Waals surface area contributed by atoms with E-state index in [1.165, 1.54) is 12.4 Å². The largest absolute Gasteiger partial charge is 0.383 e. The number of benzene rings is 1. The maximum Gasteiger partial charge on any atom is 0.256 e. The van der Waals surface area contributed by atoms with Crippen molar-refractivity contribution in [3.8, 4) is 11.3 Å². The highest BCUT2D eigenvalue weighted by Gasteiger charge is 2.27. The first kappa shape index (κ1) is 21.5. The summed E-state index contributed by atoms with van der Waals surface area (Å²) in [7, 11) is 0. The highest BCUT2D eigenvalue weighted by molar-refractivity contribution is 6.07. The molecule has 1 fully saturated rings. The van der Waals surface area contributed by atoms with E-state index in [0.717, 1.165) is 18.4 Å². The summed E-state index contributed by atoms with van der Waals surface area (Å²) in [4.78, 5) is 39.0. The molecule has 0 radical (unpaired) electrons. The van der Waals surface area contributed by atoms with E-state index < -0.39 is 0 Å². The van der Waals surface area contributed by atoms with Crippen LogP contribution in [0.25, 0.3) is 22.3 Å².